The van der Waals surface area contributed by atoms with Gasteiger partial charge in [-0.1, -0.05) is 51.1 Å². The average Bonchev–Trinajstić information content (AvgIpc) is 2.92. The summed E-state index contributed by atoms with van der Waals surface area (Å²) in [6.07, 6.45) is 3.58. The first-order chi connectivity index (χ1) is 14.2. The minimum absolute atomic E-state index is 0.196. The molecule has 0 amide bonds. The van der Waals surface area contributed by atoms with E-state index in [4.69, 9.17) is 4.42 Å². The summed E-state index contributed by atoms with van der Waals surface area (Å²) in [5.41, 5.74) is 3.29. The number of phenols is 1. The number of benzene rings is 2. The topological polar surface area (TPSA) is 53.7 Å². The van der Waals surface area contributed by atoms with Gasteiger partial charge in [0.2, 0.25) is 0 Å². The van der Waals surface area contributed by atoms with Gasteiger partial charge in [-0.3, -0.25) is 4.90 Å². The summed E-state index contributed by atoms with van der Waals surface area (Å²) in [5, 5.41) is 11.6. The molecule has 1 N–H and O–H groups in total. The Morgan fingerprint density at radius 2 is 1.87 bits per heavy atom. The van der Waals surface area contributed by atoms with Crippen molar-refractivity contribution < 1.29 is 9.52 Å². The smallest absolute Gasteiger partial charge is 0.336 e. The monoisotopic (exact) mass is 403 g/mol. The van der Waals surface area contributed by atoms with Gasteiger partial charge in [0.1, 0.15) is 11.3 Å². The average molecular weight is 404 g/mol. The van der Waals surface area contributed by atoms with E-state index in [9.17, 15) is 9.90 Å². The second-order valence-electron chi connectivity index (χ2n) is 10.4. The summed E-state index contributed by atoms with van der Waals surface area (Å²) in [7, 11) is 0. The van der Waals surface area contributed by atoms with Crippen molar-refractivity contribution in [2.24, 2.45) is 10.8 Å². The molecule has 1 aliphatic carbocycles. The molecule has 0 unspecified atom stereocenters. The maximum Gasteiger partial charge on any atom is 0.336 e. The van der Waals surface area contributed by atoms with Crippen molar-refractivity contribution in [2.75, 3.05) is 6.54 Å². The number of rotatable bonds is 3. The molecule has 3 aromatic rings. The summed E-state index contributed by atoms with van der Waals surface area (Å²) in [6.45, 7) is 8.72. The number of fused-ring (bicyclic) bond motifs is 3. The lowest BCUT2D eigenvalue weighted by atomic mass is 9.65. The van der Waals surface area contributed by atoms with Gasteiger partial charge in [0.15, 0.2) is 0 Å². The van der Waals surface area contributed by atoms with Crippen molar-refractivity contribution in [3.05, 3.63) is 64.5 Å². The Balaban J connectivity index is 1.60. The predicted octanol–water partition coefficient (Wildman–Crippen LogP) is 5.57. The molecule has 5 rings (SSSR count). The number of likely N-dealkylation sites (tertiary alicyclic amines) is 1. The van der Waals surface area contributed by atoms with Crippen LogP contribution in [-0.2, 0) is 6.54 Å². The highest BCUT2D eigenvalue weighted by atomic mass is 16.4. The van der Waals surface area contributed by atoms with E-state index in [-0.39, 0.29) is 11.4 Å². The number of nitrogens with zero attached hydrogens (tertiary/aromatic N) is 1. The summed E-state index contributed by atoms with van der Waals surface area (Å²) >= 11 is 0. The van der Waals surface area contributed by atoms with Gasteiger partial charge in [-0.2, -0.15) is 0 Å². The summed E-state index contributed by atoms with van der Waals surface area (Å²) in [4.78, 5) is 14.9. The molecule has 2 heterocycles. The minimum atomic E-state index is -0.388. The van der Waals surface area contributed by atoms with E-state index in [0.29, 0.717) is 29.0 Å². The lowest BCUT2D eigenvalue weighted by Crippen LogP contribution is -2.34. The van der Waals surface area contributed by atoms with Crippen LogP contribution in [0.2, 0.25) is 0 Å². The van der Waals surface area contributed by atoms with Crippen LogP contribution in [0.1, 0.15) is 45.6 Å². The Hall–Kier alpha value is -2.59. The van der Waals surface area contributed by atoms with Gasteiger partial charge in [-0.25, -0.2) is 4.79 Å². The molecule has 2 aromatic carbocycles. The third kappa shape index (κ3) is 3.33. The molecule has 2 bridgehead atoms. The van der Waals surface area contributed by atoms with Gasteiger partial charge in [0.05, 0.1) is 5.56 Å². The van der Waals surface area contributed by atoms with E-state index >= 15 is 0 Å². The molecule has 30 heavy (non-hydrogen) atoms. The van der Waals surface area contributed by atoms with Crippen molar-refractivity contribution >= 4 is 11.0 Å². The summed E-state index contributed by atoms with van der Waals surface area (Å²) < 4.78 is 5.68. The quantitative estimate of drug-likeness (QED) is 0.581. The highest BCUT2D eigenvalue weighted by Gasteiger charge is 2.49. The molecule has 156 valence electrons. The molecule has 4 heteroatoms. The lowest BCUT2D eigenvalue weighted by Gasteiger charge is -2.40. The van der Waals surface area contributed by atoms with Crippen LogP contribution in [0.5, 0.6) is 5.75 Å². The van der Waals surface area contributed by atoms with Crippen LogP contribution in [0.4, 0.5) is 0 Å². The third-order valence-corrected chi connectivity index (χ3v) is 6.96. The van der Waals surface area contributed by atoms with Crippen LogP contribution < -0.4 is 5.63 Å². The van der Waals surface area contributed by atoms with E-state index in [2.05, 4.69) is 25.7 Å². The van der Waals surface area contributed by atoms with Gasteiger partial charge >= 0.3 is 5.63 Å². The molecule has 4 nitrogen and oxygen atoms in total. The molecule has 2 atom stereocenters. The van der Waals surface area contributed by atoms with Crippen molar-refractivity contribution in [3.8, 4) is 16.9 Å². The molecule has 2 aliphatic rings. The fourth-order valence-electron chi connectivity index (χ4n) is 6.25. The second kappa shape index (κ2) is 6.71. The van der Waals surface area contributed by atoms with Gasteiger partial charge in [0, 0.05) is 30.6 Å². The van der Waals surface area contributed by atoms with Crippen LogP contribution >= 0.6 is 0 Å². The first-order valence-electron chi connectivity index (χ1n) is 10.8. The van der Waals surface area contributed by atoms with E-state index in [1.54, 1.807) is 12.1 Å². The summed E-state index contributed by atoms with van der Waals surface area (Å²) in [5.74, 6) is 0.196. The van der Waals surface area contributed by atoms with Crippen molar-refractivity contribution in [1.29, 1.82) is 0 Å². The first-order valence-corrected chi connectivity index (χ1v) is 10.8. The number of hydrogen-bond donors (Lipinski definition) is 1. The third-order valence-electron chi connectivity index (χ3n) is 6.96. The number of hydrogen-bond acceptors (Lipinski definition) is 4. The molecular formula is C26H29NO3. The number of phenolic OH excluding ortho intramolecular Hbond substituents is 1. The lowest BCUT2D eigenvalue weighted by molar-refractivity contribution is 0.126. The normalized spacial score (nSPS) is 25.6. The molecule has 0 spiro atoms. The maximum atomic E-state index is 12.4. The molecule has 1 aliphatic heterocycles. The fourth-order valence-corrected chi connectivity index (χ4v) is 6.25. The zero-order valence-corrected chi connectivity index (χ0v) is 17.9. The van der Waals surface area contributed by atoms with Crippen molar-refractivity contribution in [3.63, 3.8) is 0 Å². The highest BCUT2D eigenvalue weighted by molar-refractivity contribution is 5.95. The maximum absolute atomic E-state index is 12.4. The Kier molecular flexibility index (Phi) is 4.33. The van der Waals surface area contributed by atoms with E-state index in [0.717, 1.165) is 35.0 Å². The Labute approximate surface area is 177 Å². The van der Waals surface area contributed by atoms with Crippen LogP contribution in [0.25, 0.3) is 22.1 Å². The van der Waals surface area contributed by atoms with Gasteiger partial charge in [-0.15, -0.1) is 0 Å². The second-order valence-corrected chi connectivity index (χ2v) is 10.4. The Bertz CT molecular complexity index is 1160. The van der Waals surface area contributed by atoms with E-state index in [1.165, 1.54) is 12.8 Å². The van der Waals surface area contributed by atoms with Gasteiger partial charge in [0.25, 0.3) is 0 Å². The Morgan fingerprint density at radius 3 is 2.63 bits per heavy atom. The molecule has 2 fully saturated rings. The number of aromatic hydroxyl groups is 1. The van der Waals surface area contributed by atoms with Crippen LogP contribution in [0.15, 0.2) is 57.7 Å². The molecule has 1 aromatic heterocycles. The molecule has 1 saturated heterocycles. The summed E-state index contributed by atoms with van der Waals surface area (Å²) in [6, 6.07) is 15.5. The predicted molar refractivity (Wildman–Crippen MR) is 120 cm³/mol. The van der Waals surface area contributed by atoms with E-state index in [1.807, 2.05) is 36.4 Å². The van der Waals surface area contributed by atoms with Crippen molar-refractivity contribution in [1.82, 2.24) is 4.90 Å². The minimum Gasteiger partial charge on any atom is -0.507 e. The highest BCUT2D eigenvalue weighted by Crippen LogP contribution is 2.53. The molecule has 0 radical (unpaired) electrons. The largest absolute Gasteiger partial charge is 0.507 e. The SMILES string of the molecule is CC1(C)C[C@H]2C[C@](C)(CN2Cc2c(O)ccc3c(-c4ccccc4)cc(=O)oc23)C1. The molecular weight excluding hydrogens is 374 g/mol. The standard InChI is InChI=1S/C26H29NO3/c1-25(2)12-18-13-26(3,15-25)16-27(18)14-21-22(28)10-9-19-20(11-23(29)30-24(19)21)17-7-5-4-6-8-17/h4-11,18,28H,12-16H2,1-3H3/t18-,26-/m0/s1. The van der Waals surface area contributed by atoms with Gasteiger partial charge < -0.3 is 9.52 Å². The Morgan fingerprint density at radius 1 is 1.10 bits per heavy atom. The molecule has 1 saturated carbocycles. The van der Waals surface area contributed by atoms with Crippen LogP contribution in [0, 0.1) is 10.8 Å². The van der Waals surface area contributed by atoms with E-state index < -0.39 is 0 Å². The fraction of sp³-hybridized carbons (Fsp3) is 0.423. The van der Waals surface area contributed by atoms with Crippen LogP contribution in [-0.4, -0.2) is 22.6 Å². The van der Waals surface area contributed by atoms with Crippen molar-refractivity contribution in [2.45, 2.75) is 52.6 Å². The van der Waals surface area contributed by atoms with Gasteiger partial charge in [-0.05, 0) is 53.4 Å². The first kappa shape index (κ1) is 19.4. The zero-order valence-electron chi connectivity index (χ0n) is 17.9. The zero-order chi connectivity index (χ0) is 21.1. The van der Waals surface area contributed by atoms with Crippen LogP contribution in [0.3, 0.4) is 0 Å².